The molecule has 2 heterocycles. The Morgan fingerprint density at radius 3 is 2.86 bits per heavy atom. The molecular formula is C13H21N3O5S. The van der Waals surface area contributed by atoms with Crippen LogP contribution in [0, 0.1) is 6.92 Å². The van der Waals surface area contributed by atoms with Gasteiger partial charge in [-0.15, -0.1) is 0 Å². The molecule has 1 atom stereocenters. The number of amides is 1. The van der Waals surface area contributed by atoms with Gasteiger partial charge in [-0.05, 0) is 19.8 Å². The molecule has 1 saturated heterocycles. The molecule has 22 heavy (non-hydrogen) atoms. The number of sulfonamides is 1. The van der Waals surface area contributed by atoms with Crippen molar-refractivity contribution in [3.05, 3.63) is 11.8 Å². The number of rotatable bonds is 7. The predicted octanol–water partition coefficient (Wildman–Crippen LogP) is 0.752. The van der Waals surface area contributed by atoms with Gasteiger partial charge in [0.05, 0.1) is 12.4 Å². The van der Waals surface area contributed by atoms with E-state index in [1.165, 1.54) is 4.31 Å². The largest absolute Gasteiger partial charge is 0.377 e. The molecule has 1 aliphatic rings. The number of carbonyl (C=O) groups is 1. The van der Waals surface area contributed by atoms with Gasteiger partial charge < -0.3 is 14.6 Å². The van der Waals surface area contributed by atoms with Crippen molar-refractivity contribution in [2.24, 2.45) is 0 Å². The van der Waals surface area contributed by atoms with Gasteiger partial charge in [-0.1, -0.05) is 5.16 Å². The molecule has 124 valence electrons. The average Bonchev–Trinajstić information content (AvgIpc) is 3.05. The van der Waals surface area contributed by atoms with Crippen LogP contribution in [-0.2, 0) is 19.6 Å². The van der Waals surface area contributed by atoms with E-state index in [9.17, 15) is 13.2 Å². The molecule has 1 amide bonds. The standard InChI is InChI=1S/C13H21N3O5S/c1-10-8-12(15-21-10)14-13(17)5-6-16(22(2,18)19)9-11-4-3-7-20-11/h8,11H,3-7,9H2,1-2H3,(H,14,15,17). The Morgan fingerprint density at radius 1 is 1.55 bits per heavy atom. The highest BCUT2D eigenvalue weighted by Gasteiger charge is 2.25. The molecular weight excluding hydrogens is 310 g/mol. The molecule has 1 fully saturated rings. The van der Waals surface area contributed by atoms with Crippen LogP contribution in [0.4, 0.5) is 5.82 Å². The number of anilines is 1. The zero-order valence-electron chi connectivity index (χ0n) is 12.7. The monoisotopic (exact) mass is 331 g/mol. The normalized spacial score (nSPS) is 18.8. The van der Waals surface area contributed by atoms with Crippen molar-refractivity contribution >= 4 is 21.7 Å². The van der Waals surface area contributed by atoms with Crippen molar-refractivity contribution < 1.29 is 22.5 Å². The van der Waals surface area contributed by atoms with Gasteiger partial charge in [0.1, 0.15) is 5.76 Å². The molecule has 1 aromatic rings. The summed E-state index contributed by atoms with van der Waals surface area (Å²) >= 11 is 0. The summed E-state index contributed by atoms with van der Waals surface area (Å²) < 4.78 is 35.2. The second-order valence-electron chi connectivity index (χ2n) is 5.38. The molecule has 8 nitrogen and oxygen atoms in total. The third-order valence-electron chi connectivity index (χ3n) is 3.38. The molecule has 2 rings (SSSR count). The fraction of sp³-hybridized carbons (Fsp3) is 0.692. The number of aryl methyl sites for hydroxylation is 1. The summed E-state index contributed by atoms with van der Waals surface area (Å²) in [6, 6.07) is 1.60. The minimum atomic E-state index is -3.38. The molecule has 0 bridgehead atoms. The summed E-state index contributed by atoms with van der Waals surface area (Å²) in [5.41, 5.74) is 0. The minimum absolute atomic E-state index is 0.0473. The van der Waals surface area contributed by atoms with Gasteiger partial charge in [-0.3, -0.25) is 4.79 Å². The van der Waals surface area contributed by atoms with E-state index in [0.717, 1.165) is 19.1 Å². The van der Waals surface area contributed by atoms with Crippen LogP contribution in [0.1, 0.15) is 25.0 Å². The average molecular weight is 331 g/mol. The van der Waals surface area contributed by atoms with Crippen LogP contribution in [0.5, 0.6) is 0 Å². The number of ether oxygens (including phenoxy) is 1. The van der Waals surface area contributed by atoms with Crippen LogP contribution >= 0.6 is 0 Å². The topological polar surface area (TPSA) is 102 Å². The van der Waals surface area contributed by atoms with Crippen LogP contribution in [0.3, 0.4) is 0 Å². The van der Waals surface area contributed by atoms with Crippen LogP contribution < -0.4 is 5.32 Å². The summed E-state index contributed by atoms with van der Waals surface area (Å²) in [5.74, 6) is 0.605. The lowest BCUT2D eigenvalue weighted by molar-refractivity contribution is -0.116. The van der Waals surface area contributed by atoms with Gasteiger partial charge in [0, 0.05) is 32.2 Å². The number of hydrogen-bond donors (Lipinski definition) is 1. The summed E-state index contributed by atoms with van der Waals surface area (Å²) in [5, 5.41) is 6.22. The lowest BCUT2D eigenvalue weighted by Crippen LogP contribution is -2.38. The van der Waals surface area contributed by atoms with Crippen LogP contribution in [0.15, 0.2) is 10.6 Å². The maximum atomic E-state index is 11.8. The Bertz CT molecular complexity index is 607. The zero-order valence-corrected chi connectivity index (χ0v) is 13.6. The highest BCUT2D eigenvalue weighted by atomic mass is 32.2. The van der Waals surface area contributed by atoms with Crippen molar-refractivity contribution in [1.29, 1.82) is 0 Å². The fourth-order valence-corrected chi connectivity index (χ4v) is 3.12. The Hall–Kier alpha value is -1.45. The Morgan fingerprint density at radius 2 is 2.32 bits per heavy atom. The zero-order chi connectivity index (χ0) is 16.2. The van der Waals surface area contributed by atoms with Crippen LogP contribution in [0.2, 0.25) is 0 Å². The number of nitrogens with zero attached hydrogens (tertiary/aromatic N) is 2. The van der Waals surface area contributed by atoms with Gasteiger partial charge in [-0.2, -0.15) is 4.31 Å². The molecule has 0 aliphatic carbocycles. The third kappa shape index (κ3) is 5.08. The summed E-state index contributed by atoms with van der Waals surface area (Å²) in [6.45, 7) is 2.78. The minimum Gasteiger partial charge on any atom is -0.377 e. The lowest BCUT2D eigenvalue weighted by atomic mass is 10.2. The fourth-order valence-electron chi connectivity index (χ4n) is 2.26. The number of nitrogens with one attached hydrogen (secondary N) is 1. The molecule has 1 aromatic heterocycles. The summed E-state index contributed by atoms with van der Waals surface area (Å²) in [7, 11) is -3.38. The first-order valence-electron chi connectivity index (χ1n) is 7.14. The number of aromatic nitrogens is 1. The Balaban J connectivity index is 1.85. The quantitative estimate of drug-likeness (QED) is 0.791. The van der Waals surface area contributed by atoms with Crippen molar-refractivity contribution in [3.63, 3.8) is 0 Å². The third-order valence-corrected chi connectivity index (χ3v) is 4.65. The first kappa shape index (κ1) is 16.9. The van der Waals surface area contributed by atoms with Crippen molar-refractivity contribution in [1.82, 2.24) is 9.46 Å². The van der Waals surface area contributed by atoms with Crippen LogP contribution in [-0.4, -0.2) is 55.8 Å². The first-order valence-corrected chi connectivity index (χ1v) is 8.99. The van der Waals surface area contributed by atoms with E-state index < -0.39 is 10.0 Å². The van der Waals surface area contributed by atoms with E-state index in [-0.39, 0.29) is 31.5 Å². The van der Waals surface area contributed by atoms with E-state index in [0.29, 0.717) is 18.2 Å². The number of hydrogen-bond acceptors (Lipinski definition) is 6. The van der Waals surface area contributed by atoms with Gasteiger partial charge in [0.2, 0.25) is 15.9 Å². The molecule has 1 N–H and O–H groups in total. The van der Waals surface area contributed by atoms with E-state index in [1.54, 1.807) is 13.0 Å². The van der Waals surface area contributed by atoms with E-state index >= 15 is 0 Å². The highest BCUT2D eigenvalue weighted by Crippen LogP contribution is 2.15. The van der Waals surface area contributed by atoms with Crippen molar-refractivity contribution in [3.8, 4) is 0 Å². The van der Waals surface area contributed by atoms with Gasteiger partial charge in [0.25, 0.3) is 0 Å². The Labute approximate surface area is 129 Å². The smallest absolute Gasteiger partial charge is 0.226 e. The highest BCUT2D eigenvalue weighted by molar-refractivity contribution is 7.88. The van der Waals surface area contributed by atoms with E-state index in [4.69, 9.17) is 9.26 Å². The second kappa shape index (κ2) is 7.21. The maximum absolute atomic E-state index is 11.8. The molecule has 0 aromatic carbocycles. The maximum Gasteiger partial charge on any atom is 0.226 e. The number of carbonyl (C=O) groups excluding carboxylic acids is 1. The van der Waals surface area contributed by atoms with Gasteiger partial charge >= 0.3 is 0 Å². The first-order chi connectivity index (χ1) is 10.3. The molecule has 0 radical (unpaired) electrons. The molecule has 1 unspecified atom stereocenters. The van der Waals surface area contributed by atoms with Crippen molar-refractivity contribution in [2.75, 3.05) is 31.3 Å². The van der Waals surface area contributed by atoms with Crippen molar-refractivity contribution in [2.45, 2.75) is 32.3 Å². The Kier molecular flexibility index (Phi) is 5.54. The van der Waals surface area contributed by atoms with Crippen LogP contribution in [0.25, 0.3) is 0 Å². The lowest BCUT2D eigenvalue weighted by Gasteiger charge is -2.22. The predicted molar refractivity (Wildman–Crippen MR) is 79.9 cm³/mol. The van der Waals surface area contributed by atoms with E-state index in [2.05, 4.69) is 10.5 Å². The second-order valence-corrected chi connectivity index (χ2v) is 7.36. The molecule has 0 saturated carbocycles. The van der Waals surface area contributed by atoms with Gasteiger partial charge in [0.15, 0.2) is 5.82 Å². The molecule has 9 heteroatoms. The molecule has 0 spiro atoms. The summed E-state index contributed by atoms with van der Waals surface area (Å²) in [4.78, 5) is 11.8. The SMILES string of the molecule is Cc1cc(NC(=O)CCN(CC2CCCO2)S(C)(=O)=O)no1. The van der Waals surface area contributed by atoms with Gasteiger partial charge in [-0.25, -0.2) is 8.42 Å². The van der Waals surface area contributed by atoms with E-state index in [1.807, 2.05) is 0 Å². The molecule has 1 aliphatic heterocycles. The summed E-state index contributed by atoms with van der Waals surface area (Å²) in [6.07, 6.45) is 2.88.